The first kappa shape index (κ1) is 13.5. The van der Waals surface area contributed by atoms with Crippen LogP contribution in [0.5, 0.6) is 0 Å². The molecule has 0 heterocycles. The van der Waals surface area contributed by atoms with Crippen molar-refractivity contribution < 1.29 is 9.18 Å². The van der Waals surface area contributed by atoms with Crippen LogP contribution in [-0.2, 0) is 0 Å². The van der Waals surface area contributed by atoms with Gasteiger partial charge in [0, 0.05) is 11.7 Å². The van der Waals surface area contributed by atoms with Crippen LogP contribution in [0.2, 0.25) is 0 Å². The van der Waals surface area contributed by atoms with Crippen molar-refractivity contribution >= 4 is 11.7 Å². The normalized spacial score (nSPS) is 12.4. The van der Waals surface area contributed by atoms with Gasteiger partial charge in [-0.2, -0.15) is 0 Å². The van der Waals surface area contributed by atoms with Gasteiger partial charge in [0.1, 0.15) is 5.82 Å². The second kappa shape index (κ2) is 5.66. The highest BCUT2D eigenvalue weighted by Gasteiger charge is 2.11. The van der Waals surface area contributed by atoms with E-state index in [9.17, 15) is 9.18 Å². The van der Waals surface area contributed by atoms with Gasteiger partial charge in [-0.3, -0.25) is 0 Å². The molecule has 17 heavy (non-hydrogen) atoms. The van der Waals surface area contributed by atoms with Crippen molar-refractivity contribution in [1.29, 1.82) is 0 Å². The number of carbonyl (C=O) groups excluding carboxylic acids is 1. The van der Waals surface area contributed by atoms with Crippen molar-refractivity contribution in [3.05, 3.63) is 29.6 Å². The van der Waals surface area contributed by atoms with E-state index in [-0.39, 0.29) is 17.9 Å². The van der Waals surface area contributed by atoms with Gasteiger partial charge >= 0.3 is 6.03 Å². The third-order valence-electron chi connectivity index (χ3n) is 2.81. The van der Waals surface area contributed by atoms with E-state index in [0.29, 0.717) is 11.6 Å². The van der Waals surface area contributed by atoms with Crippen molar-refractivity contribution in [2.24, 2.45) is 5.92 Å². The summed E-state index contributed by atoms with van der Waals surface area (Å²) >= 11 is 0. The third-order valence-corrected chi connectivity index (χ3v) is 2.81. The van der Waals surface area contributed by atoms with E-state index in [1.807, 2.05) is 27.7 Å². The molecule has 0 aliphatic carbocycles. The SMILES string of the molecule is Cc1ccc(F)cc1NC(=O)N[C@H](C)C(C)C. The summed E-state index contributed by atoms with van der Waals surface area (Å²) < 4.78 is 13.0. The van der Waals surface area contributed by atoms with Crippen LogP contribution in [0.25, 0.3) is 0 Å². The minimum absolute atomic E-state index is 0.0730. The molecule has 0 fully saturated rings. The highest BCUT2D eigenvalue weighted by molar-refractivity contribution is 5.90. The highest BCUT2D eigenvalue weighted by Crippen LogP contribution is 2.15. The van der Waals surface area contributed by atoms with Gasteiger partial charge in [-0.15, -0.1) is 0 Å². The minimum Gasteiger partial charge on any atom is -0.335 e. The second-order valence-electron chi connectivity index (χ2n) is 4.59. The van der Waals surface area contributed by atoms with Gasteiger partial charge in [0.05, 0.1) is 0 Å². The molecular formula is C13H19FN2O. The maximum atomic E-state index is 13.0. The number of aryl methyl sites for hydroxylation is 1. The summed E-state index contributed by atoms with van der Waals surface area (Å²) in [5.41, 5.74) is 1.33. The topological polar surface area (TPSA) is 41.1 Å². The molecule has 0 aliphatic rings. The Morgan fingerprint density at radius 2 is 1.94 bits per heavy atom. The standard InChI is InChI=1S/C13H19FN2O/c1-8(2)10(4)15-13(17)16-12-7-11(14)6-5-9(12)3/h5-8,10H,1-4H3,(H2,15,16,17)/t10-/m1/s1. The van der Waals surface area contributed by atoms with Crippen LogP contribution in [-0.4, -0.2) is 12.1 Å². The number of hydrogen-bond donors (Lipinski definition) is 2. The maximum absolute atomic E-state index is 13.0. The lowest BCUT2D eigenvalue weighted by Crippen LogP contribution is -2.39. The predicted octanol–water partition coefficient (Wildman–Crippen LogP) is 3.30. The average Bonchev–Trinajstić information content (AvgIpc) is 2.23. The summed E-state index contributed by atoms with van der Waals surface area (Å²) in [4.78, 5) is 11.6. The van der Waals surface area contributed by atoms with E-state index in [0.717, 1.165) is 5.56 Å². The Hall–Kier alpha value is -1.58. The van der Waals surface area contributed by atoms with Gasteiger partial charge < -0.3 is 10.6 Å². The van der Waals surface area contributed by atoms with Crippen LogP contribution < -0.4 is 10.6 Å². The number of benzene rings is 1. The van der Waals surface area contributed by atoms with E-state index in [2.05, 4.69) is 10.6 Å². The number of halogens is 1. The zero-order valence-corrected chi connectivity index (χ0v) is 10.7. The van der Waals surface area contributed by atoms with Crippen LogP contribution in [0.1, 0.15) is 26.3 Å². The Balaban J connectivity index is 2.65. The number of urea groups is 1. The second-order valence-corrected chi connectivity index (χ2v) is 4.59. The number of carbonyl (C=O) groups is 1. The molecule has 94 valence electrons. The van der Waals surface area contributed by atoms with Crippen LogP contribution in [0.4, 0.5) is 14.9 Å². The van der Waals surface area contributed by atoms with Gasteiger partial charge in [0.15, 0.2) is 0 Å². The molecule has 1 atom stereocenters. The first-order valence-corrected chi connectivity index (χ1v) is 5.74. The molecule has 0 spiro atoms. The largest absolute Gasteiger partial charge is 0.335 e. The molecule has 0 unspecified atom stereocenters. The van der Waals surface area contributed by atoms with E-state index in [4.69, 9.17) is 0 Å². The number of nitrogens with one attached hydrogen (secondary N) is 2. The summed E-state index contributed by atoms with van der Waals surface area (Å²) in [5.74, 6) is -0.00263. The lowest BCUT2D eigenvalue weighted by molar-refractivity contribution is 0.246. The van der Waals surface area contributed by atoms with E-state index in [1.54, 1.807) is 6.07 Å². The third kappa shape index (κ3) is 4.06. The Morgan fingerprint density at radius 3 is 2.53 bits per heavy atom. The van der Waals surface area contributed by atoms with Crippen LogP contribution in [0.3, 0.4) is 0 Å². The van der Waals surface area contributed by atoms with E-state index < -0.39 is 0 Å². The minimum atomic E-state index is -0.359. The fourth-order valence-electron chi connectivity index (χ4n) is 1.26. The summed E-state index contributed by atoms with van der Waals surface area (Å²) in [5, 5.41) is 5.45. The smallest absolute Gasteiger partial charge is 0.319 e. The van der Waals surface area contributed by atoms with Crippen LogP contribution in [0.15, 0.2) is 18.2 Å². The van der Waals surface area contributed by atoms with Gasteiger partial charge in [0.25, 0.3) is 0 Å². The van der Waals surface area contributed by atoms with E-state index >= 15 is 0 Å². The summed E-state index contributed by atoms with van der Waals surface area (Å²) in [6, 6.07) is 4.09. The summed E-state index contributed by atoms with van der Waals surface area (Å²) in [6.45, 7) is 7.81. The number of anilines is 1. The number of amides is 2. The Kier molecular flexibility index (Phi) is 4.49. The van der Waals surface area contributed by atoms with E-state index in [1.165, 1.54) is 12.1 Å². The number of hydrogen-bond acceptors (Lipinski definition) is 1. The maximum Gasteiger partial charge on any atom is 0.319 e. The Bertz CT molecular complexity index is 404. The zero-order chi connectivity index (χ0) is 13.0. The molecular weight excluding hydrogens is 219 g/mol. The molecule has 0 aromatic heterocycles. The molecule has 0 saturated heterocycles. The quantitative estimate of drug-likeness (QED) is 0.833. The lowest BCUT2D eigenvalue weighted by Gasteiger charge is -2.18. The van der Waals surface area contributed by atoms with Gasteiger partial charge in [-0.25, -0.2) is 9.18 Å². The van der Waals surface area contributed by atoms with Gasteiger partial charge in [-0.05, 0) is 37.5 Å². The molecule has 1 aromatic rings. The first-order valence-electron chi connectivity index (χ1n) is 5.74. The molecule has 1 aromatic carbocycles. The molecule has 4 heteroatoms. The van der Waals surface area contributed by atoms with Crippen molar-refractivity contribution in [3.8, 4) is 0 Å². The van der Waals surface area contributed by atoms with Crippen molar-refractivity contribution in [1.82, 2.24) is 5.32 Å². The predicted molar refractivity (Wildman–Crippen MR) is 67.6 cm³/mol. The molecule has 0 saturated carbocycles. The summed E-state index contributed by atoms with van der Waals surface area (Å²) in [7, 11) is 0. The van der Waals surface area contributed by atoms with Crippen LogP contribution >= 0.6 is 0 Å². The molecule has 2 amide bonds. The Labute approximate surface area is 101 Å². The fourth-order valence-corrected chi connectivity index (χ4v) is 1.26. The number of rotatable bonds is 3. The molecule has 0 radical (unpaired) electrons. The average molecular weight is 238 g/mol. The monoisotopic (exact) mass is 238 g/mol. The van der Waals surface area contributed by atoms with Gasteiger partial charge in [0.2, 0.25) is 0 Å². The Morgan fingerprint density at radius 1 is 1.29 bits per heavy atom. The zero-order valence-electron chi connectivity index (χ0n) is 10.7. The molecule has 1 rings (SSSR count). The fraction of sp³-hybridized carbons (Fsp3) is 0.462. The molecule has 2 N–H and O–H groups in total. The highest BCUT2D eigenvalue weighted by atomic mass is 19.1. The molecule has 0 aliphatic heterocycles. The lowest BCUT2D eigenvalue weighted by atomic mass is 10.1. The molecule has 3 nitrogen and oxygen atoms in total. The van der Waals surface area contributed by atoms with Crippen molar-refractivity contribution in [2.45, 2.75) is 33.7 Å². The van der Waals surface area contributed by atoms with Crippen LogP contribution in [0, 0.1) is 18.7 Å². The van der Waals surface area contributed by atoms with Gasteiger partial charge in [-0.1, -0.05) is 19.9 Å². The van der Waals surface area contributed by atoms with Crippen molar-refractivity contribution in [2.75, 3.05) is 5.32 Å². The van der Waals surface area contributed by atoms with Crippen molar-refractivity contribution in [3.63, 3.8) is 0 Å². The first-order chi connectivity index (χ1) is 7.90. The summed E-state index contributed by atoms with van der Waals surface area (Å²) in [6.07, 6.45) is 0. The molecule has 0 bridgehead atoms.